The van der Waals surface area contributed by atoms with Gasteiger partial charge in [-0.25, -0.2) is 0 Å². The maximum Gasteiger partial charge on any atom is 0.313 e. The molecule has 1 amide bonds. The van der Waals surface area contributed by atoms with Crippen molar-refractivity contribution in [2.75, 3.05) is 19.8 Å². The van der Waals surface area contributed by atoms with Crippen LogP contribution in [0.25, 0.3) is 0 Å². The minimum atomic E-state index is -0.353. The van der Waals surface area contributed by atoms with Crippen molar-refractivity contribution >= 4 is 11.9 Å². The van der Waals surface area contributed by atoms with Crippen molar-refractivity contribution in [1.29, 1.82) is 0 Å². The van der Waals surface area contributed by atoms with Crippen LogP contribution in [0.1, 0.15) is 10.7 Å². The van der Waals surface area contributed by atoms with Crippen molar-refractivity contribution in [1.82, 2.24) is 15.1 Å². The predicted octanol–water partition coefficient (Wildman–Crippen LogP) is -0.646. The van der Waals surface area contributed by atoms with Gasteiger partial charge in [-0.1, -0.05) is 5.10 Å². The van der Waals surface area contributed by atoms with Gasteiger partial charge in [0.1, 0.15) is 0 Å². The van der Waals surface area contributed by atoms with Crippen LogP contribution in [0.2, 0.25) is 0 Å². The number of carbonyl (C=O) groups excluding carboxylic acids is 1. The highest BCUT2D eigenvalue weighted by Gasteiger charge is 2.14. The van der Waals surface area contributed by atoms with Crippen molar-refractivity contribution in [2.45, 2.75) is 0 Å². The van der Waals surface area contributed by atoms with Crippen molar-refractivity contribution in [3.8, 4) is 0 Å². The summed E-state index contributed by atoms with van der Waals surface area (Å²) in [6.07, 6.45) is 0. The highest BCUT2D eigenvalue weighted by atomic mass is 16.4. The maximum atomic E-state index is 11.0. The molecule has 1 rings (SSSR count). The number of hydrogen-bond donors (Lipinski definition) is 1. The molecule has 0 radical (unpaired) electrons. The van der Waals surface area contributed by atoms with Gasteiger partial charge in [0.25, 0.3) is 0 Å². The Bertz CT molecular complexity index is 267. The van der Waals surface area contributed by atoms with Gasteiger partial charge in [0.2, 0.25) is 0 Å². The molecule has 60 valence electrons. The Morgan fingerprint density at radius 3 is 2.55 bits per heavy atom. The van der Waals surface area contributed by atoms with Crippen molar-refractivity contribution in [3.63, 3.8) is 0 Å². The fourth-order valence-electron chi connectivity index (χ4n) is 0.512. The molecule has 0 saturated carbocycles. The van der Waals surface area contributed by atoms with Crippen LogP contribution in [0.4, 0.5) is 6.01 Å². The number of rotatable bonds is 1. The summed E-state index contributed by atoms with van der Waals surface area (Å²) in [5.74, 6) is -0.443. The third-order valence-electron chi connectivity index (χ3n) is 1.03. The summed E-state index contributed by atoms with van der Waals surface area (Å²) in [5.41, 5.74) is 5.11. The second-order valence-corrected chi connectivity index (χ2v) is 2.15. The zero-order valence-electron chi connectivity index (χ0n) is 6.24. The summed E-state index contributed by atoms with van der Waals surface area (Å²) in [4.78, 5) is 12.4. The van der Waals surface area contributed by atoms with E-state index in [2.05, 4.69) is 14.6 Å². The van der Waals surface area contributed by atoms with Gasteiger partial charge in [-0.2, -0.15) is 0 Å². The SMILES string of the molecule is CN(C)C(=O)c1nnc(N)o1. The van der Waals surface area contributed by atoms with E-state index in [1.165, 1.54) is 4.90 Å². The Hall–Kier alpha value is -1.59. The van der Waals surface area contributed by atoms with Gasteiger partial charge < -0.3 is 15.1 Å². The van der Waals surface area contributed by atoms with E-state index in [4.69, 9.17) is 5.73 Å². The summed E-state index contributed by atoms with van der Waals surface area (Å²) in [7, 11) is 3.17. The van der Waals surface area contributed by atoms with Crippen LogP contribution in [0, 0.1) is 0 Å². The molecule has 0 atom stereocenters. The summed E-state index contributed by atoms with van der Waals surface area (Å²) in [6.45, 7) is 0. The molecule has 0 aliphatic heterocycles. The fourth-order valence-corrected chi connectivity index (χ4v) is 0.512. The Balaban J connectivity index is 2.85. The monoisotopic (exact) mass is 156 g/mol. The second-order valence-electron chi connectivity index (χ2n) is 2.15. The lowest BCUT2D eigenvalue weighted by atomic mass is 10.6. The largest absolute Gasteiger partial charge is 0.399 e. The second kappa shape index (κ2) is 2.57. The van der Waals surface area contributed by atoms with Crippen LogP contribution in [-0.4, -0.2) is 35.1 Å². The zero-order chi connectivity index (χ0) is 8.43. The number of amides is 1. The molecular weight excluding hydrogens is 148 g/mol. The van der Waals surface area contributed by atoms with E-state index in [0.29, 0.717) is 0 Å². The van der Waals surface area contributed by atoms with Gasteiger partial charge in [-0.05, 0) is 0 Å². The first-order valence-electron chi connectivity index (χ1n) is 2.92. The molecule has 1 heterocycles. The molecular formula is C5H8N4O2. The van der Waals surface area contributed by atoms with Gasteiger partial charge in [0.15, 0.2) is 0 Å². The molecule has 0 unspecified atom stereocenters. The standard InChI is InChI=1S/C5H8N4O2/c1-9(2)4(10)3-7-8-5(6)11-3/h1-2H3,(H2,6,8). The minimum Gasteiger partial charge on any atom is -0.399 e. The normalized spacial score (nSPS) is 9.64. The molecule has 0 aromatic carbocycles. The Kier molecular flexibility index (Phi) is 1.75. The number of nitrogens with zero attached hydrogens (tertiary/aromatic N) is 3. The van der Waals surface area contributed by atoms with Crippen LogP contribution in [0.5, 0.6) is 0 Å². The maximum absolute atomic E-state index is 11.0. The average Bonchev–Trinajstić information content (AvgIpc) is 2.34. The van der Waals surface area contributed by atoms with Crippen LogP contribution >= 0.6 is 0 Å². The molecule has 6 nitrogen and oxygen atoms in total. The molecule has 0 fully saturated rings. The van der Waals surface area contributed by atoms with Gasteiger partial charge in [-0.3, -0.25) is 4.79 Å². The first-order valence-corrected chi connectivity index (χ1v) is 2.92. The Morgan fingerprint density at radius 2 is 2.18 bits per heavy atom. The number of hydrogen-bond acceptors (Lipinski definition) is 5. The lowest BCUT2D eigenvalue weighted by Gasteiger charge is -2.04. The Morgan fingerprint density at radius 1 is 1.55 bits per heavy atom. The smallest absolute Gasteiger partial charge is 0.313 e. The van der Waals surface area contributed by atoms with E-state index in [1.807, 2.05) is 0 Å². The van der Waals surface area contributed by atoms with Crippen LogP contribution < -0.4 is 5.73 Å². The lowest BCUT2D eigenvalue weighted by molar-refractivity contribution is 0.0790. The first-order chi connectivity index (χ1) is 5.11. The third-order valence-corrected chi connectivity index (χ3v) is 1.03. The van der Waals surface area contributed by atoms with Crippen molar-refractivity contribution < 1.29 is 9.21 Å². The van der Waals surface area contributed by atoms with Gasteiger partial charge >= 0.3 is 17.8 Å². The van der Waals surface area contributed by atoms with Crippen LogP contribution in [0.3, 0.4) is 0 Å². The number of nitrogens with two attached hydrogens (primary N) is 1. The molecule has 0 bridgehead atoms. The van der Waals surface area contributed by atoms with E-state index >= 15 is 0 Å². The summed E-state index contributed by atoms with van der Waals surface area (Å²) >= 11 is 0. The predicted molar refractivity (Wildman–Crippen MR) is 36.7 cm³/mol. The van der Waals surface area contributed by atoms with Gasteiger partial charge in [0, 0.05) is 14.1 Å². The van der Waals surface area contributed by atoms with E-state index in [0.717, 1.165) is 0 Å². The third kappa shape index (κ3) is 1.46. The molecule has 1 aromatic heterocycles. The molecule has 11 heavy (non-hydrogen) atoms. The molecule has 6 heteroatoms. The summed E-state index contributed by atoms with van der Waals surface area (Å²) in [5, 5.41) is 6.74. The quantitative estimate of drug-likeness (QED) is 0.584. The summed E-state index contributed by atoms with van der Waals surface area (Å²) in [6, 6.07) is -0.102. The van der Waals surface area contributed by atoms with Crippen molar-refractivity contribution in [2.24, 2.45) is 0 Å². The van der Waals surface area contributed by atoms with Crippen molar-refractivity contribution in [3.05, 3.63) is 5.89 Å². The number of carbonyl (C=O) groups is 1. The molecule has 1 aromatic rings. The van der Waals surface area contributed by atoms with E-state index in [-0.39, 0.29) is 17.8 Å². The first kappa shape index (κ1) is 7.52. The minimum absolute atomic E-state index is 0.0903. The number of aromatic nitrogens is 2. The highest BCUT2D eigenvalue weighted by molar-refractivity contribution is 5.89. The van der Waals surface area contributed by atoms with E-state index in [9.17, 15) is 4.79 Å². The van der Waals surface area contributed by atoms with E-state index < -0.39 is 0 Å². The molecule has 0 aliphatic carbocycles. The van der Waals surface area contributed by atoms with Gasteiger partial charge in [0.05, 0.1) is 0 Å². The molecule has 0 aliphatic rings. The number of anilines is 1. The van der Waals surface area contributed by atoms with Crippen LogP contribution in [-0.2, 0) is 0 Å². The fraction of sp³-hybridized carbons (Fsp3) is 0.400. The molecule has 2 N–H and O–H groups in total. The Labute approximate surface area is 63.0 Å². The van der Waals surface area contributed by atoms with E-state index in [1.54, 1.807) is 14.1 Å². The number of nitrogen functional groups attached to an aromatic ring is 1. The highest BCUT2D eigenvalue weighted by Crippen LogP contribution is 2.01. The average molecular weight is 156 g/mol. The molecule has 0 spiro atoms. The molecule has 0 saturated heterocycles. The zero-order valence-corrected chi connectivity index (χ0v) is 6.24. The van der Waals surface area contributed by atoms with Gasteiger partial charge in [-0.15, -0.1) is 5.10 Å². The topological polar surface area (TPSA) is 85.2 Å². The van der Waals surface area contributed by atoms with Crippen LogP contribution in [0.15, 0.2) is 4.42 Å². The lowest BCUT2D eigenvalue weighted by Crippen LogP contribution is -2.21. The summed E-state index contributed by atoms with van der Waals surface area (Å²) < 4.78 is 4.67.